The number of carbonyl (C=O) groups is 1. The Morgan fingerprint density at radius 2 is 2.33 bits per heavy atom. The molecule has 0 saturated heterocycles. The second kappa shape index (κ2) is 6.48. The summed E-state index contributed by atoms with van der Waals surface area (Å²) in [6.07, 6.45) is 8.26. The lowest BCUT2D eigenvalue weighted by molar-refractivity contribution is -0.138. The summed E-state index contributed by atoms with van der Waals surface area (Å²) < 4.78 is 4.78. The van der Waals surface area contributed by atoms with Crippen LogP contribution in [0.2, 0.25) is 0 Å². The Morgan fingerprint density at radius 3 is 2.83 bits per heavy atom. The van der Waals surface area contributed by atoms with Crippen LogP contribution in [-0.4, -0.2) is 12.6 Å². The molecule has 0 aromatic carbocycles. The molecule has 0 radical (unpaired) electrons. The number of ether oxygens (including phenoxy) is 1. The quantitative estimate of drug-likeness (QED) is 0.276. The summed E-state index contributed by atoms with van der Waals surface area (Å²) in [4.78, 5) is 11.0. The third-order valence-electron chi connectivity index (χ3n) is 1.34. The van der Waals surface area contributed by atoms with Crippen molar-refractivity contribution >= 4 is 5.97 Å². The average Bonchev–Trinajstić information content (AvgIpc) is 2.05. The molecule has 0 heterocycles. The summed E-state index contributed by atoms with van der Waals surface area (Å²) in [6, 6.07) is 0. The predicted octanol–water partition coefficient (Wildman–Crippen LogP) is 1.91. The van der Waals surface area contributed by atoms with Crippen molar-refractivity contribution in [1.82, 2.24) is 0 Å². The minimum atomic E-state index is -0.255. The minimum Gasteiger partial charge on any atom is -0.463 e. The predicted molar refractivity (Wildman–Crippen MR) is 48.5 cm³/mol. The molecular weight excluding hydrogens is 152 g/mol. The van der Waals surface area contributed by atoms with Gasteiger partial charge in [0.2, 0.25) is 0 Å². The van der Waals surface area contributed by atoms with Crippen molar-refractivity contribution in [1.29, 1.82) is 0 Å². The second-order valence-electron chi connectivity index (χ2n) is 2.35. The molecule has 0 fully saturated rings. The van der Waals surface area contributed by atoms with E-state index >= 15 is 0 Å². The Labute approximate surface area is 73.6 Å². The molecule has 0 atom stereocenters. The normalized spacial score (nSPS) is 10.6. The largest absolute Gasteiger partial charge is 0.463 e. The van der Waals surface area contributed by atoms with Crippen LogP contribution in [0.4, 0.5) is 0 Å². The fraction of sp³-hybridized carbons (Fsp3) is 0.500. The molecule has 0 amide bonds. The summed E-state index contributed by atoms with van der Waals surface area (Å²) in [7, 11) is 0. The molecule has 0 aromatic heterocycles. The van der Waals surface area contributed by atoms with Crippen molar-refractivity contribution in [2.75, 3.05) is 6.61 Å². The van der Waals surface area contributed by atoms with Gasteiger partial charge in [-0.1, -0.05) is 6.08 Å². The van der Waals surface area contributed by atoms with Gasteiger partial charge in [0.05, 0.1) is 6.61 Å². The van der Waals surface area contributed by atoms with Gasteiger partial charge in [-0.05, 0) is 20.3 Å². The van der Waals surface area contributed by atoms with Crippen LogP contribution in [0.25, 0.3) is 0 Å². The van der Waals surface area contributed by atoms with Gasteiger partial charge in [-0.25, -0.2) is 4.79 Å². The van der Waals surface area contributed by atoms with Gasteiger partial charge < -0.3 is 4.74 Å². The smallest absolute Gasteiger partial charge is 0.333 e. The Balaban J connectivity index is 3.84. The Hall–Kier alpha value is -1.23. The zero-order valence-corrected chi connectivity index (χ0v) is 7.59. The van der Waals surface area contributed by atoms with E-state index in [0.29, 0.717) is 18.6 Å². The second-order valence-corrected chi connectivity index (χ2v) is 2.35. The average molecular weight is 166 g/mol. The lowest BCUT2D eigenvalue weighted by atomic mass is 10.2. The first-order valence-electron chi connectivity index (χ1n) is 3.99. The van der Waals surface area contributed by atoms with Crippen molar-refractivity contribution in [3.8, 4) is 12.3 Å². The zero-order chi connectivity index (χ0) is 9.40. The first-order valence-corrected chi connectivity index (χ1v) is 3.99. The van der Waals surface area contributed by atoms with Gasteiger partial charge in [0.1, 0.15) is 0 Å². The summed E-state index contributed by atoms with van der Waals surface area (Å²) in [5.74, 6) is 2.24. The Morgan fingerprint density at radius 1 is 1.67 bits per heavy atom. The molecule has 2 heteroatoms. The van der Waals surface area contributed by atoms with Gasteiger partial charge in [-0.15, -0.1) is 12.3 Å². The van der Waals surface area contributed by atoms with Crippen LogP contribution in [0.1, 0.15) is 26.7 Å². The van der Waals surface area contributed by atoms with Crippen molar-refractivity contribution in [2.45, 2.75) is 26.7 Å². The fourth-order valence-corrected chi connectivity index (χ4v) is 0.700. The van der Waals surface area contributed by atoms with E-state index in [9.17, 15) is 4.79 Å². The molecule has 0 rings (SSSR count). The third kappa shape index (κ3) is 4.56. The maximum atomic E-state index is 11.0. The number of unbranched alkanes of at least 4 members (excludes halogenated alkanes) is 1. The number of terminal acetylenes is 1. The molecule has 12 heavy (non-hydrogen) atoms. The first kappa shape index (κ1) is 10.8. The maximum absolute atomic E-state index is 11.0. The molecule has 0 aromatic rings. The molecule has 0 N–H and O–H groups in total. The van der Waals surface area contributed by atoms with E-state index in [4.69, 9.17) is 11.2 Å². The summed E-state index contributed by atoms with van der Waals surface area (Å²) >= 11 is 0. The topological polar surface area (TPSA) is 26.3 Å². The van der Waals surface area contributed by atoms with Crippen LogP contribution in [0.3, 0.4) is 0 Å². The summed E-state index contributed by atoms with van der Waals surface area (Å²) in [6.45, 7) is 3.93. The van der Waals surface area contributed by atoms with Crippen LogP contribution in [0.15, 0.2) is 11.6 Å². The SMILES string of the molecule is C#CCC/C=C(\C)C(=O)OCC. The molecule has 0 aliphatic carbocycles. The number of esters is 1. The highest BCUT2D eigenvalue weighted by Crippen LogP contribution is 2.00. The number of carbonyl (C=O) groups excluding carboxylic acids is 1. The molecule has 0 saturated carbocycles. The zero-order valence-electron chi connectivity index (χ0n) is 7.59. The van der Waals surface area contributed by atoms with Crippen LogP contribution in [0, 0.1) is 12.3 Å². The highest BCUT2D eigenvalue weighted by atomic mass is 16.5. The Kier molecular flexibility index (Phi) is 5.81. The van der Waals surface area contributed by atoms with Crippen LogP contribution < -0.4 is 0 Å². The molecule has 0 spiro atoms. The fourth-order valence-electron chi connectivity index (χ4n) is 0.700. The minimum absolute atomic E-state index is 0.255. The van der Waals surface area contributed by atoms with E-state index < -0.39 is 0 Å². The number of hydrogen-bond donors (Lipinski definition) is 0. The lowest BCUT2D eigenvalue weighted by Crippen LogP contribution is -2.04. The van der Waals surface area contributed by atoms with E-state index in [1.165, 1.54) is 0 Å². The van der Waals surface area contributed by atoms with Crippen LogP contribution >= 0.6 is 0 Å². The van der Waals surface area contributed by atoms with Crippen LogP contribution in [0.5, 0.6) is 0 Å². The van der Waals surface area contributed by atoms with Gasteiger partial charge in [0, 0.05) is 12.0 Å². The molecule has 2 nitrogen and oxygen atoms in total. The summed E-state index contributed by atoms with van der Waals surface area (Å²) in [5, 5.41) is 0. The Bertz CT molecular complexity index is 208. The standard InChI is InChI=1S/C10H14O2/c1-4-6-7-8-9(3)10(11)12-5-2/h1,8H,5-7H2,2-3H3/b9-8+. The van der Waals surface area contributed by atoms with E-state index in [0.717, 1.165) is 6.42 Å². The van der Waals surface area contributed by atoms with Crippen molar-refractivity contribution in [3.63, 3.8) is 0 Å². The van der Waals surface area contributed by atoms with E-state index in [-0.39, 0.29) is 5.97 Å². The molecule has 0 aliphatic rings. The van der Waals surface area contributed by atoms with Crippen molar-refractivity contribution in [3.05, 3.63) is 11.6 Å². The first-order chi connectivity index (χ1) is 5.72. The highest BCUT2D eigenvalue weighted by Gasteiger charge is 2.02. The third-order valence-corrected chi connectivity index (χ3v) is 1.34. The molecule has 0 aliphatic heterocycles. The monoisotopic (exact) mass is 166 g/mol. The van der Waals surface area contributed by atoms with E-state index in [1.807, 2.05) is 0 Å². The highest BCUT2D eigenvalue weighted by molar-refractivity contribution is 5.87. The van der Waals surface area contributed by atoms with Gasteiger partial charge in [0.25, 0.3) is 0 Å². The van der Waals surface area contributed by atoms with Gasteiger partial charge in [-0.3, -0.25) is 0 Å². The van der Waals surface area contributed by atoms with Crippen molar-refractivity contribution in [2.24, 2.45) is 0 Å². The number of rotatable bonds is 4. The van der Waals surface area contributed by atoms with Crippen molar-refractivity contribution < 1.29 is 9.53 Å². The van der Waals surface area contributed by atoms with Gasteiger partial charge >= 0.3 is 5.97 Å². The molecule has 66 valence electrons. The number of hydrogen-bond acceptors (Lipinski definition) is 2. The number of allylic oxidation sites excluding steroid dienone is 1. The summed E-state index contributed by atoms with van der Waals surface area (Å²) in [5.41, 5.74) is 0.632. The van der Waals surface area contributed by atoms with E-state index in [1.54, 1.807) is 19.9 Å². The van der Waals surface area contributed by atoms with Crippen LogP contribution in [-0.2, 0) is 9.53 Å². The molecular formula is C10H14O2. The van der Waals surface area contributed by atoms with Gasteiger partial charge in [0.15, 0.2) is 0 Å². The molecule has 0 unspecified atom stereocenters. The lowest BCUT2D eigenvalue weighted by Gasteiger charge is -1.99. The maximum Gasteiger partial charge on any atom is 0.333 e. The van der Waals surface area contributed by atoms with E-state index in [2.05, 4.69) is 5.92 Å². The van der Waals surface area contributed by atoms with Gasteiger partial charge in [-0.2, -0.15) is 0 Å². The molecule has 0 bridgehead atoms.